The third-order valence-corrected chi connectivity index (χ3v) is 1.86. The fraction of sp³-hybridized carbons (Fsp3) is 0. The molecule has 0 N–H and O–H groups in total. The molecule has 0 atom stereocenters. The molecule has 0 unspecified atom stereocenters. The highest BCUT2D eigenvalue weighted by atomic mass is 14.8. The summed E-state index contributed by atoms with van der Waals surface area (Å²) in [7, 11) is 0. The lowest BCUT2D eigenvalue weighted by atomic mass is 10.1. The van der Waals surface area contributed by atoms with Gasteiger partial charge in [-0.3, -0.25) is 4.98 Å². The molecule has 0 amide bonds. The van der Waals surface area contributed by atoms with Crippen LogP contribution in [0.15, 0.2) is 36.5 Å². The van der Waals surface area contributed by atoms with Crippen molar-refractivity contribution in [2.75, 3.05) is 0 Å². The lowest BCUT2D eigenvalue weighted by molar-refractivity contribution is 0.00466. The van der Waals surface area contributed by atoms with Crippen molar-refractivity contribution in [1.29, 1.82) is 0 Å². The molecular weight excluding hydrogens is 162 g/mol. The third-order valence-electron chi connectivity index (χ3n) is 1.86. The molecule has 1 aromatic carbocycles. The minimum absolute atomic E-state index is 0.820. The highest BCUT2D eigenvalue weighted by molar-refractivity contribution is 5.95. The monoisotopic (exact) mass is 169 g/mol. The first-order valence-corrected chi connectivity index (χ1v) is 3.93. The van der Waals surface area contributed by atoms with Crippen molar-refractivity contribution in [3.05, 3.63) is 47.6 Å². The van der Waals surface area contributed by atoms with Gasteiger partial charge in [0.05, 0.1) is 11.1 Å². The SMILES string of the molecule is [N-]=[N+]=Cc1cccc2cccnc12. The Labute approximate surface area is 75.3 Å². The second-order valence-electron chi connectivity index (χ2n) is 2.67. The van der Waals surface area contributed by atoms with Gasteiger partial charge >= 0.3 is 0 Å². The molecule has 3 nitrogen and oxygen atoms in total. The average Bonchev–Trinajstić information content (AvgIpc) is 2.19. The van der Waals surface area contributed by atoms with E-state index in [-0.39, 0.29) is 0 Å². The summed E-state index contributed by atoms with van der Waals surface area (Å²) in [5.74, 6) is 0. The Morgan fingerprint density at radius 3 is 2.92 bits per heavy atom. The van der Waals surface area contributed by atoms with Crippen molar-refractivity contribution in [2.24, 2.45) is 0 Å². The summed E-state index contributed by atoms with van der Waals surface area (Å²) in [5, 5.41) is 1.04. The Morgan fingerprint density at radius 1 is 1.23 bits per heavy atom. The van der Waals surface area contributed by atoms with E-state index in [0.29, 0.717) is 0 Å². The number of para-hydroxylation sites is 1. The van der Waals surface area contributed by atoms with Crippen LogP contribution in [-0.2, 0) is 0 Å². The molecule has 1 heterocycles. The van der Waals surface area contributed by atoms with Gasteiger partial charge in [-0.15, -0.1) is 0 Å². The van der Waals surface area contributed by atoms with Crippen LogP contribution in [-0.4, -0.2) is 16.0 Å². The van der Waals surface area contributed by atoms with Crippen LogP contribution < -0.4 is 0 Å². The molecular formula is C10H7N3. The van der Waals surface area contributed by atoms with Crippen molar-refractivity contribution in [3.8, 4) is 0 Å². The van der Waals surface area contributed by atoms with Gasteiger partial charge in [0, 0.05) is 11.6 Å². The summed E-state index contributed by atoms with van der Waals surface area (Å²) < 4.78 is 0. The normalized spacial score (nSPS) is 9.54. The van der Waals surface area contributed by atoms with Crippen molar-refractivity contribution >= 4 is 17.1 Å². The first-order chi connectivity index (χ1) is 6.42. The molecule has 13 heavy (non-hydrogen) atoms. The van der Waals surface area contributed by atoms with Gasteiger partial charge in [-0.1, -0.05) is 18.2 Å². The lowest BCUT2D eigenvalue weighted by Crippen LogP contribution is -1.86. The smallest absolute Gasteiger partial charge is 0.289 e. The molecule has 0 fully saturated rings. The fourth-order valence-electron chi connectivity index (χ4n) is 1.29. The Morgan fingerprint density at radius 2 is 2.08 bits per heavy atom. The number of rotatable bonds is 1. The second-order valence-corrected chi connectivity index (χ2v) is 2.67. The Kier molecular flexibility index (Phi) is 1.87. The summed E-state index contributed by atoms with van der Waals surface area (Å²) in [6.45, 7) is 0. The first kappa shape index (κ1) is 7.65. The quantitative estimate of drug-likeness (QED) is 0.365. The zero-order valence-electron chi connectivity index (χ0n) is 6.88. The van der Waals surface area contributed by atoms with Crippen molar-refractivity contribution in [1.82, 2.24) is 4.98 Å². The number of hydrogen-bond donors (Lipinski definition) is 0. The summed E-state index contributed by atoms with van der Waals surface area (Å²) in [6, 6.07) is 9.58. The van der Waals surface area contributed by atoms with Crippen LogP contribution in [0.1, 0.15) is 5.56 Å². The molecule has 0 aliphatic carbocycles. The minimum Gasteiger partial charge on any atom is -0.361 e. The van der Waals surface area contributed by atoms with Gasteiger partial charge in [0.15, 0.2) is 0 Å². The number of nitrogens with zero attached hydrogens (tertiary/aromatic N) is 3. The van der Waals surface area contributed by atoms with E-state index in [0.717, 1.165) is 16.5 Å². The van der Waals surface area contributed by atoms with Gasteiger partial charge in [-0.05, 0) is 12.1 Å². The van der Waals surface area contributed by atoms with Gasteiger partial charge in [0.25, 0.3) is 6.21 Å². The average molecular weight is 169 g/mol. The van der Waals surface area contributed by atoms with E-state index in [1.165, 1.54) is 6.21 Å². The zero-order chi connectivity index (χ0) is 9.10. The lowest BCUT2D eigenvalue weighted by Gasteiger charge is -1.95. The van der Waals surface area contributed by atoms with Crippen LogP contribution in [0.5, 0.6) is 0 Å². The second kappa shape index (κ2) is 3.17. The highest BCUT2D eigenvalue weighted by Gasteiger charge is 2.00. The standard InChI is InChI=1S/C10H7N3/c11-13-7-9-4-1-3-8-5-2-6-12-10(8)9/h1-7H. The van der Waals surface area contributed by atoms with E-state index in [2.05, 4.69) is 9.77 Å². The Balaban J connectivity index is 2.82. The predicted molar refractivity (Wildman–Crippen MR) is 50.5 cm³/mol. The third kappa shape index (κ3) is 1.33. The molecule has 0 saturated carbocycles. The van der Waals surface area contributed by atoms with E-state index in [9.17, 15) is 0 Å². The van der Waals surface area contributed by atoms with Crippen LogP contribution in [0.3, 0.4) is 0 Å². The molecule has 0 aliphatic rings. The Bertz CT molecular complexity index is 479. The zero-order valence-corrected chi connectivity index (χ0v) is 6.88. The fourth-order valence-corrected chi connectivity index (χ4v) is 1.29. The number of pyridine rings is 1. The van der Waals surface area contributed by atoms with Crippen LogP contribution in [0, 0.1) is 0 Å². The topological polar surface area (TPSA) is 49.3 Å². The van der Waals surface area contributed by atoms with Crippen molar-refractivity contribution in [3.63, 3.8) is 0 Å². The minimum atomic E-state index is 0.820. The van der Waals surface area contributed by atoms with E-state index < -0.39 is 0 Å². The number of benzene rings is 1. The summed E-state index contributed by atoms with van der Waals surface area (Å²) >= 11 is 0. The molecule has 3 heteroatoms. The van der Waals surface area contributed by atoms with Gasteiger partial charge in [-0.25, -0.2) is 0 Å². The van der Waals surface area contributed by atoms with E-state index in [1.54, 1.807) is 6.20 Å². The maximum atomic E-state index is 8.42. The number of fused-ring (bicyclic) bond motifs is 1. The van der Waals surface area contributed by atoms with E-state index in [1.807, 2.05) is 30.3 Å². The van der Waals surface area contributed by atoms with E-state index in [4.69, 9.17) is 5.53 Å². The van der Waals surface area contributed by atoms with Gasteiger partial charge in [0.1, 0.15) is 0 Å². The van der Waals surface area contributed by atoms with Crippen LogP contribution in [0.4, 0.5) is 0 Å². The highest BCUT2D eigenvalue weighted by Crippen LogP contribution is 2.13. The summed E-state index contributed by atoms with van der Waals surface area (Å²) in [5.41, 5.74) is 10.1. The molecule has 2 aromatic rings. The maximum Gasteiger partial charge on any atom is 0.289 e. The Hall–Kier alpha value is -1.99. The molecule has 0 saturated heterocycles. The van der Waals surface area contributed by atoms with Gasteiger partial charge in [0.2, 0.25) is 0 Å². The maximum absolute atomic E-state index is 8.42. The molecule has 1 aromatic heterocycles. The predicted octanol–water partition coefficient (Wildman–Crippen LogP) is 1.88. The van der Waals surface area contributed by atoms with Gasteiger partial charge in [-0.2, -0.15) is 4.79 Å². The summed E-state index contributed by atoms with van der Waals surface area (Å²) in [6.07, 6.45) is 3.10. The van der Waals surface area contributed by atoms with Crippen LogP contribution in [0.25, 0.3) is 16.4 Å². The number of hydrogen-bond acceptors (Lipinski definition) is 1. The number of aromatic nitrogens is 1. The largest absolute Gasteiger partial charge is 0.361 e. The molecule has 0 aliphatic heterocycles. The molecule has 2 rings (SSSR count). The molecule has 0 radical (unpaired) electrons. The van der Waals surface area contributed by atoms with Crippen molar-refractivity contribution in [2.45, 2.75) is 0 Å². The van der Waals surface area contributed by atoms with Gasteiger partial charge < -0.3 is 5.53 Å². The van der Waals surface area contributed by atoms with Crippen LogP contribution >= 0.6 is 0 Å². The van der Waals surface area contributed by atoms with Crippen molar-refractivity contribution < 1.29 is 4.79 Å². The molecule has 0 spiro atoms. The molecule has 0 bridgehead atoms. The molecule has 62 valence electrons. The van der Waals surface area contributed by atoms with E-state index >= 15 is 0 Å². The summed E-state index contributed by atoms with van der Waals surface area (Å²) in [4.78, 5) is 7.19. The first-order valence-electron chi connectivity index (χ1n) is 3.93. The van der Waals surface area contributed by atoms with Crippen LogP contribution in [0.2, 0.25) is 0 Å².